The van der Waals surface area contributed by atoms with Crippen LogP contribution in [0.3, 0.4) is 0 Å². The molecule has 1 aliphatic rings. The lowest BCUT2D eigenvalue weighted by atomic mass is 10.0. The molecule has 1 heterocycles. The minimum absolute atomic E-state index is 0.280. The van der Waals surface area contributed by atoms with Gasteiger partial charge in [0.2, 0.25) is 0 Å². The lowest BCUT2D eigenvalue weighted by Gasteiger charge is -2.15. The normalized spacial score (nSPS) is 14.3. The first-order chi connectivity index (χ1) is 13.0. The van der Waals surface area contributed by atoms with Crippen LogP contribution >= 0.6 is 15.9 Å². The molecule has 2 aromatic carbocycles. The van der Waals surface area contributed by atoms with Gasteiger partial charge in [-0.15, -0.1) is 0 Å². The zero-order chi connectivity index (χ0) is 19.4. The molecule has 2 amide bonds. The molecule has 0 aromatic heterocycles. The number of aryl methyl sites for hydroxylation is 1. The summed E-state index contributed by atoms with van der Waals surface area (Å²) < 4.78 is 5.94. The van der Waals surface area contributed by atoms with Crippen molar-refractivity contribution in [2.24, 2.45) is 0 Å². The Morgan fingerprint density at radius 1 is 1.07 bits per heavy atom. The first-order valence-corrected chi connectivity index (χ1v) is 9.49. The van der Waals surface area contributed by atoms with E-state index in [-0.39, 0.29) is 11.8 Å². The number of amides is 2. The maximum atomic E-state index is 13.0. The smallest absolute Gasteiger partial charge is 0.278 e. The number of hydrogen-bond acceptors (Lipinski definition) is 4. The lowest BCUT2D eigenvalue weighted by molar-refractivity contribution is -0.136. The maximum absolute atomic E-state index is 13.0. The number of imide groups is 1. The number of halogens is 1. The van der Waals surface area contributed by atoms with Crippen molar-refractivity contribution in [3.63, 3.8) is 0 Å². The molecule has 3 rings (SSSR count). The van der Waals surface area contributed by atoms with Crippen molar-refractivity contribution in [1.29, 1.82) is 0 Å². The van der Waals surface area contributed by atoms with Crippen LogP contribution in [-0.4, -0.2) is 37.0 Å². The summed E-state index contributed by atoms with van der Waals surface area (Å²) in [5.74, 6) is -0.593. The molecule has 0 saturated carbocycles. The van der Waals surface area contributed by atoms with Crippen LogP contribution in [0.4, 0.5) is 5.69 Å². The molecule has 27 heavy (non-hydrogen) atoms. The number of methoxy groups -OCH3 is 1. The van der Waals surface area contributed by atoms with E-state index in [2.05, 4.69) is 21.2 Å². The van der Waals surface area contributed by atoms with E-state index in [1.54, 1.807) is 7.11 Å². The van der Waals surface area contributed by atoms with Crippen molar-refractivity contribution in [3.05, 3.63) is 69.8 Å². The summed E-state index contributed by atoms with van der Waals surface area (Å²) in [7, 11) is 1.60. The summed E-state index contributed by atoms with van der Waals surface area (Å²) in [4.78, 5) is 27.3. The molecule has 0 unspecified atom stereocenters. The average Bonchev–Trinajstić information content (AvgIpc) is 2.87. The van der Waals surface area contributed by atoms with E-state index < -0.39 is 0 Å². The van der Waals surface area contributed by atoms with Gasteiger partial charge in [0.05, 0.1) is 5.57 Å². The van der Waals surface area contributed by atoms with Crippen LogP contribution in [0.15, 0.2) is 58.7 Å². The van der Waals surface area contributed by atoms with Gasteiger partial charge in [-0.25, -0.2) is 0 Å². The van der Waals surface area contributed by atoms with E-state index in [9.17, 15) is 9.59 Å². The minimum atomic E-state index is -0.313. The van der Waals surface area contributed by atoms with Gasteiger partial charge in [0.15, 0.2) is 0 Å². The summed E-state index contributed by atoms with van der Waals surface area (Å²) in [6, 6.07) is 15.1. The van der Waals surface area contributed by atoms with Crippen molar-refractivity contribution in [3.8, 4) is 0 Å². The number of carbonyl (C=O) groups is 2. The maximum Gasteiger partial charge on any atom is 0.278 e. The quantitative estimate of drug-likeness (QED) is 0.534. The van der Waals surface area contributed by atoms with Crippen LogP contribution in [-0.2, 0) is 14.3 Å². The van der Waals surface area contributed by atoms with E-state index in [4.69, 9.17) is 4.74 Å². The second kappa shape index (κ2) is 8.50. The fourth-order valence-corrected chi connectivity index (χ4v) is 3.36. The Bertz CT molecular complexity index is 891. The third-order valence-electron chi connectivity index (χ3n) is 4.33. The lowest BCUT2D eigenvalue weighted by Crippen LogP contribution is -2.33. The molecule has 0 radical (unpaired) electrons. The predicted octanol–water partition coefficient (Wildman–Crippen LogP) is 3.99. The van der Waals surface area contributed by atoms with Crippen molar-refractivity contribution < 1.29 is 14.3 Å². The second-order valence-corrected chi connectivity index (χ2v) is 7.28. The van der Waals surface area contributed by atoms with Gasteiger partial charge >= 0.3 is 0 Å². The molecule has 0 spiro atoms. The number of ether oxygens (including phenoxy) is 1. The van der Waals surface area contributed by atoms with Crippen LogP contribution in [0.25, 0.3) is 5.57 Å². The van der Waals surface area contributed by atoms with E-state index >= 15 is 0 Å². The molecule has 1 aliphatic heterocycles. The molecule has 140 valence electrons. The third-order valence-corrected chi connectivity index (χ3v) is 4.83. The molecule has 0 bridgehead atoms. The number of carbonyl (C=O) groups excluding carboxylic acids is 2. The van der Waals surface area contributed by atoms with Crippen LogP contribution < -0.4 is 5.32 Å². The van der Waals surface area contributed by atoms with Crippen LogP contribution in [0.2, 0.25) is 0 Å². The minimum Gasteiger partial charge on any atom is -0.385 e. The summed E-state index contributed by atoms with van der Waals surface area (Å²) in [6.07, 6.45) is 0.597. The molecule has 2 aromatic rings. The van der Waals surface area contributed by atoms with E-state index in [0.717, 1.165) is 21.3 Å². The third kappa shape index (κ3) is 4.28. The summed E-state index contributed by atoms with van der Waals surface area (Å²) in [6.45, 7) is 2.80. The zero-order valence-corrected chi connectivity index (χ0v) is 16.9. The van der Waals surface area contributed by atoms with Crippen molar-refractivity contribution in [2.45, 2.75) is 13.3 Å². The Morgan fingerprint density at radius 3 is 2.48 bits per heavy atom. The highest BCUT2D eigenvalue weighted by Gasteiger charge is 2.38. The molecular weight excluding hydrogens is 408 g/mol. The molecule has 0 aliphatic carbocycles. The number of hydrogen-bond donors (Lipinski definition) is 1. The number of anilines is 1. The molecule has 1 N–H and O–H groups in total. The summed E-state index contributed by atoms with van der Waals surface area (Å²) >= 11 is 3.43. The van der Waals surface area contributed by atoms with Gasteiger partial charge in [0.1, 0.15) is 5.70 Å². The molecule has 6 heteroatoms. The average molecular weight is 429 g/mol. The fourth-order valence-electron chi connectivity index (χ4n) is 2.96. The Kier molecular flexibility index (Phi) is 6.08. The van der Waals surface area contributed by atoms with Crippen LogP contribution in [0.5, 0.6) is 0 Å². The van der Waals surface area contributed by atoms with Crippen LogP contribution in [0.1, 0.15) is 17.5 Å². The van der Waals surface area contributed by atoms with E-state index in [1.165, 1.54) is 4.90 Å². The topological polar surface area (TPSA) is 58.6 Å². The van der Waals surface area contributed by atoms with Gasteiger partial charge in [-0.3, -0.25) is 14.5 Å². The molecule has 0 fully saturated rings. The van der Waals surface area contributed by atoms with Gasteiger partial charge in [-0.05, 0) is 37.1 Å². The van der Waals surface area contributed by atoms with Crippen molar-refractivity contribution in [2.75, 3.05) is 25.6 Å². The van der Waals surface area contributed by atoms with Crippen LogP contribution in [0, 0.1) is 6.92 Å². The first-order valence-electron chi connectivity index (χ1n) is 8.70. The van der Waals surface area contributed by atoms with Gasteiger partial charge in [0.25, 0.3) is 11.8 Å². The molecular formula is C21H21BrN2O3. The molecule has 0 atom stereocenters. The highest BCUT2D eigenvalue weighted by Crippen LogP contribution is 2.31. The Labute approximate surface area is 167 Å². The number of nitrogens with one attached hydrogen (secondary N) is 1. The van der Waals surface area contributed by atoms with Gasteiger partial charge in [-0.2, -0.15) is 0 Å². The Balaban J connectivity index is 1.99. The molecule has 5 nitrogen and oxygen atoms in total. The van der Waals surface area contributed by atoms with E-state index in [0.29, 0.717) is 30.8 Å². The number of nitrogens with zero attached hydrogens (tertiary/aromatic N) is 1. The second-order valence-electron chi connectivity index (χ2n) is 6.36. The summed E-state index contributed by atoms with van der Waals surface area (Å²) in [5, 5.41) is 3.15. The Morgan fingerprint density at radius 2 is 1.81 bits per heavy atom. The first kappa shape index (κ1) is 19.3. The largest absolute Gasteiger partial charge is 0.385 e. The SMILES string of the molecule is COCCCN1C(=O)C(Nc2cccc(Br)c2)=C(c2ccc(C)cc2)C1=O. The standard InChI is InChI=1S/C21H21BrN2O3/c1-14-7-9-15(10-8-14)18-19(23-17-6-3-5-16(22)13-17)21(26)24(20(18)25)11-4-12-27-2/h3,5-10,13,23H,4,11-12H2,1-2H3. The van der Waals surface area contributed by atoms with Crippen molar-refractivity contribution in [1.82, 2.24) is 4.90 Å². The highest BCUT2D eigenvalue weighted by molar-refractivity contribution is 9.10. The monoisotopic (exact) mass is 428 g/mol. The highest BCUT2D eigenvalue weighted by atomic mass is 79.9. The van der Waals surface area contributed by atoms with E-state index in [1.807, 2.05) is 55.5 Å². The van der Waals surface area contributed by atoms with Gasteiger partial charge in [-0.1, -0.05) is 51.8 Å². The fraction of sp³-hybridized carbons (Fsp3) is 0.238. The summed E-state index contributed by atoms with van der Waals surface area (Å²) in [5.41, 5.74) is 3.26. The van der Waals surface area contributed by atoms with Gasteiger partial charge in [0, 0.05) is 30.4 Å². The number of benzene rings is 2. The van der Waals surface area contributed by atoms with Crippen molar-refractivity contribution >= 4 is 39.0 Å². The van der Waals surface area contributed by atoms with Gasteiger partial charge < -0.3 is 10.1 Å². The molecule has 0 saturated heterocycles. The Hall–Kier alpha value is -2.44. The zero-order valence-electron chi connectivity index (χ0n) is 15.3. The number of rotatable bonds is 7. The predicted molar refractivity (Wildman–Crippen MR) is 109 cm³/mol.